The predicted octanol–water partition coefficient (Wildman–Crippen LogP) is 3.64. The van der Waals surface area contributed by atoms with Crippen LogP contribution >= 0.6 is 11.6 Å². The number of pyridine rings is 1. The maximum atomic E-state index is 12.3. The van der Waals surface area contributed by atoms with Crippen LogP contribution < -0.4 is 0 Å². The Balaban J connectivity index is 1.59. The van der Waals surface area contributed by atoms with E-state index in [-0.39, 0.29) is 11.9 Å². The number of carbonyl (C=O) groups excluding carboxylic acids is 1. The zero-order valence-electron chi connectivity index (χ0n) is 11.7. The first-order valence-electron chi connectivity index (χ1n) is 7.19. The maximum absolute atomic E-state index is 12.3. The van der Waals surface area contributed by atoms with Gasteiger partial charge in [-0.15, -0.1) is 0 Å². The largest absolute Gasteiger partial charge is 0.335 e. The van der Waals surface area contributed by atoms with Crippen molar-refractivity contribution in [1.29, 1.82) is 0 Å². The number of aromatic nitrogens is 1. The molecule has 1 amide bonds. The Hall–Kier alpha value is -1.87. The van der Waals surface area contributed by atoms with E-state index < -0.39 is 0 Å². The summed E-state index contributed by atoms with van der Waals surface area (Å²) in [4.78, 5) is 18.5. The Labute approximate surface area is 129 Å². The molecular weight excluding hydrogens is 284 g/mol. The van der Waals surface area contributed by atoms with Gasteiger partial charge in [-0.1, -0.05) is 29.8 Å². The van der Waals surface area contributed by atoms with Gasteiger partial charge in [-0.2, -0.15) is 0 Å². The smallest absolute Gasteiger partial charge is 0.223 e. The molecular formula is C17H17ClN2O. The van der Waals surface area contributed by atoms with Crippen LogP contribution in [0.2, 0.25) is 5.02 Å². The normalized spacial score (nSPS) is 17.4. The molecule has 1 aromatic carbocycles. The molecule has 0 saturated carbocycles. The van der Waals surface area contributed by atoms with Gasteiger partial charge >= 0.3 is 0 Å². The maximum Gasteiger partial charge on any atom is 0.223 e. The Kier molecular flexibility index (Phi) is 4.20. The summed E-state index contributed by atoms with van der Waals surface area (Å²) >= 11 is 5.91. The van der Waals surface area contributed by atoms with Gasteiger partial charge in [-0.3, -0.25) is 9.78 Å². The molecule has 3 nitrogen and oxygen atoms in total. The first-order valence-corrected chi connectivity index (χ1v) is 7.56. The van der Waals surface area contributed by atoms with Crippen LogP contribution in [0.25, 0.3) is 0 Å². The highest BCUT2D eigenvalue weighted by atomic mass is 35.5. The summed E-state index contributed by atoms with van der Waals surface area (Å²) in [6, 6.07) is 13.8. The number of hydrogen-bond donors (Lipinski definition) is 0. The van der Waals surface area contributed by atoms with Crippen molar-refractivity contribution in [2.24, 2.45) is 0 Å². The zero-order chi connectivity index (χ0) is 14.7. The van der Waals surface area contributed by atoms with Crippen molar-refractivity contribution in [3.05, 3.63) is 64.9 Å². The fourth-order valence-electron chi connectivity index (χ4n) is 2.64. The summed E-state index contributed by atoms with van der Waals surface area (Å²) in [6.07, 6.45) is 4.00. The molecule has 3 rings (SSSR count). The number of rotatable bonds is 4. The molecule has 0 bridgehead atoms. The van der Waals surface area contributed by atoms with Crippen molar-refractivity contribution >= 4 is 17.5 Å². The first-order chi connectivity index (χ1) is 10.2. The Morgan fingerprint density at radius 1 is 1.24 bits per heavy atom. The van der Waals surface area contributed by atoms with E-state index in [0.717, 1.165) is 29.2 Å². The van der Waals surface area contributed by atoms with Crippen molar-refractivity contribution in [3.8, 4) is 0 Å². The van der Waals surface area contributed by atoms with Crippen molar-refractivity contribution in [2.75, 3.05) is 6.54 Å². The second-order valence-corrected chi connectivity index (χ2v) is 5.70. The second-order valence-electron chi connectivity index (χ2n) is 5.26. The third kappa shape index (κ3) is 3.24. The first kappa shape index (κ1) is 14.1. The highest BCUT2D eigenvalue weighted by molar-refractivity contribution is 6.30. The fourth-order valence-corrected chi connectivity index (χ4v) is 2.77. The molecule has 2 aromatic rings. The van der Waals surface area contributed by atoms with E-state index in [1.807, 2.05) is 47.4 Å². The Bertz CT molecular complexity index is 612. The molecule has 2 heterocycles. The molecule has 0 aliphatic carbocycles. The second kappa shape index (κ2) is 6.27. The van der Waals surface area contributed by atoms with E-state index in [0.29, 0.717) is 12.8 Å². The molecule has 0 spiro atoms. The minimum atomic E-state index is 0.201. The lowest BCUT2D eigenvalue weighted by Gasteiger charge is -2.41. The van der Waals surface area contributed by atoms with Crippen LogP contribution in [-0.4, -0.2) is 22.3 Å². The van der Waals surface area contributed by atoms with E-state index in [4.69, 9.17) is 11.6 Å². The molecule has 4 heteroatoms. The van der Waals surface area contributed by atoms with Gasteiger partial charge in [0.15, 0.2) is 0 Å². The number of halogens is 1. The van der Waals surface area contributed by atoms with Crippen molar-refractivity contribution in [2.45, 2.75) is 25.3 Å². The van der Waals surface area contributed by atoms with Gasteiger partial charge < -0.3 is 4.90 Å². The molecule has 108 valence electrons. The minimum absolute atomic E-state index is 0.201. The Morgan fingerprint density at radius 2 is 2.05 bits per heavy atom. The van der Waals surface area contributed by atoms with Crippen molar-refractivity contribution in [1.82, 2.24) is 9.88 Å². The van der Waals surface area contributed by atoms with Crippen LogP contribution in [0.5, 0.6) is 0 Å². The average molecular weight is 301 g/mol. The third-order valence-electron chi connectivity index (χ3n) is 3.92. The number of benzene rings is 1. The number of carbonyl (C=O) groups is 1. The number of hydrogen-bond acceptors (Lipinski definition) is 2. The summed E-state index contributed by atoms with van der Waals surface area (Å²) in [6.45, 7) is 0.842. The highest BCUT2D eigenvalue weighted by Crippen LogP contribution is 2.34. The van der Waals surface area contributed by atoms with Gasteiger partial charge in [-0.25, -0.2) is 0 Å². The van der Waals surface area contributed by atoms with E-state index in [9.17, 15) is 4.79 Å². The van der Waals surface area contributed by atoms with Crippen LogP contribution in [0.4, 0.5) is 0 Å². The fraction of sp³-hybridized carbons (Fsp3) is 0.294. The topological polar surface area (TPSA) is 33.2 Å². The molecule has 1 fully saturated rings. The third-order valence-corrected chi connectivity index (χ3v) is 4.17. The number of amides is 1. The summed E-state index contributed by atoms with van der Waals surface area (Å²) in [5, 5.41) is 0.728. The van der Waals surface area contributed by atoms with Crippen LogP contribution in [0.1, 0.15) is 30.1 Å². The van der Waals surface area contributed by atoms with Crippen LogP contribution in [-0.2, 0) is 11.2 Å². The van der Waals surface area contributed by atoms with Gasteiger partial charge in [0, 0.05) is 29.9 Å². The molecule has 1 aliphatic heterocycles. The van der Waals surface area contributed by atoms with Gasteiger partial charge in [0.05, 0.1) is 6.04 Å². The lowest BCUT2D eigenvalue weighted by atomic mass is 9.94. The molecule has 21 heavy (non-hydrogen) atoms. The minimum Gasteiger partial charge on any atom is -0.335 e. The molecule has 1 atom stereocenters. The van der Waals surface area contributed by atoms with E-state index >= 15 is 0 Å². The van der Waals surface area contributed by atoms with Gasteiger partial charge in [0.25, 0.3) is 0 Å². The zero-order valence-corrected chi connectivity index (χ0v) is 12.5. The monoisotopic (exact) mass is 300 g/mol. The molecule has 1 saturated heterocycles. The number of aryl methyl sites for hydroxylation is 1. The summed E-state index contributed by atoms with van der Waals surface area (Å²) in [5.41, 5.74) is 2.13. The lowest BCUT2D eigenvalue weighted by Crippen LogP contribution is -2.45. The Morgan fingerprint density at radius 3 is 2.67 bits per heavy atom. The number of likely N-dealkylation sites (tertiary alicyclic amines) is 1. The van der Waals surface area contributed by atoms with Crippen molar-refractivity contribution < 1.29 is 4.79 Å². The van der Waals surface area contributed by atoms with Crippen molar-refractivity contribution in [3.63, 3.8) is 0 Å². The summed E-state index contributed by atoms with van der Waals surface area (Å²) < 4.78 is 0. The number of nitrogens with zero attached hydrogens (tertiary/aromatic N) is 2. The standard InChI is InChI=1S/C17H17ClN2O/c18-14-6-4-13(5-7-14)16-10-12-20(16)17(21)9-8-15-3-1-2-11-19-15/h1-7,11,16H,8-10,12H2/t16-/m1/s1. The quantitative estimate of drug-likeness (QED) is 0.863. The highest BCUT2D eigenvalue weighted by Gasteiger charge is 2.32. The van der Waals surface area contributed by atoms with E-state index in [2.05, 4.69) is 4.98 Å². The van der Waals surface area contributed by atoms with Crippen LogP contribution in [0, 0.1) is 0 Å². The van der Waals surface area contributed by atoms with Gasteiger partial charge in [0.2, 0.25) is 5.91 Å². The summed E-state index contributed by atoms with van der Waals surface area (Å²) in [7, 11) is 0. The summed E-state index contributed by atoms with van der Waals surface area (Å²) in [5.74, 6) is 0.201. The lowest BCUT2D eigenvalue weighted by molar-refractivity contribution is -0.139. The molecule has 0 N–H and O–H groups in total. The van der Waals surface area contributed by atoms with E-state index in [1.54, 1.807) is 6.20 Å². The van der Waals surface area contributed by atoms with Gasteiger partial charge in [-0.05, 0) is 42.7 Å². The predicted molar refractivity (Wildman–Crippen MR) is 83.1 cm³/mol. The van der Waals surface area contributed by atoms with Gasteiger partial charge in [0.1, 0.15) is 0 Å². The molecule has 0 unspecified atom stereocenters. The molecule has 1 aromatic heterocycles. The average Bonchev–Trinajstić information content (AvgIpc) is 2.47. The SMILES string of the molecule is O=C(CCc1ccccn1)N1CC[C@@H]1c1ccc(Cl)cc1. The molecule has 0 radical (unpaired) electrons. The van der Waals surface area contributed by atoms with E-state index in [1.165, 1.54) is 0 Å². The van der Waals surface area contributed by atoms with Crippen LogP contribution in [0.3, 0.4) is 0 Å². The molecule has 1 aliphatic rings. The van der Waals surface area contributed by atoms with Crippen LogP contribution in [0.15, 0.2) is 48.7 Å².